The smallest absolute Gasteiger partial charge is 0.0284 e. The normalized spacial score (nSPS) is 18.9. The Balaban J connectivity index is 1.67. The van der Waals surface area contributed by atoms with Gasteiger partial charge in [0.2, 0.25) is 0 Å². The van der Waals surface area contributed by atoms with Crippen molar-refractivity contribution in [3.05, 3.63) is 116 Å². The maximum atomic E-state index is 2.40. The fraction of sp³-hybridized carbons (Fsp3) is 0.241. The van der Waals surface area contributed by atoms with Gasteiger partial charge in [-0.05, 0) is 95.8 Å². The molecule has 0 nitrogen and oxygen atoms in total. The minimum atomic E-state index is 0.336. The van der Waals surface area contributed by atoms with Crippen molar-refractivity contribution >= 4 is 12.2 Å². The van der Waals surface area contributed by atoms with Crippen LogP contribution in [-0.4, -0.2) is 0 Å². The summed E-state index contributed by atoms with van der Waals surface area (Å²) in [6, 6.07) is 16.3. The van der Waals surface area contributed by atoms with Gasteiger partial charge in [-0.3, -0.25) is 0 Å². The van der Waals surface area contributed by atoms with Gasteiger partial charge in [-0.25, -0.2) is 0 Å². The maximum Gasteiger partial charge on any atom is 0.0284 e. The van der Waals surface area contributed by atoms with Gasteiger partial charge in [-0.2, -0.15) is 0 Å². The van der Waals surface area contributed by atoms with Crippen molar-refractivity contribution < 1.29 is 0 Å². The quantitative estimate of drug-likeness (QED) is 0.433. The van der Waals surface area contributed by atoms with Crippen LogP contribution in [0.25, 0.3) is 12.2 Å². The van der Waals surface area contributed by atoms with Gasteiger partial charge < -0.3 is 0 Å². The number of allylic oxidation sites excluding steroid dienone is 2. The number of rotatable bonds is 2. The van der Waals surface area contributed by atoms with E-state index in [0.717, 1.165) is 0 Å². The van der Waals surface area contributed by atoms with E-state index in [1.165, 1.54) is 61.2 Å². The number of hydrogen-bond donors (Lipinski definition) is 0. The lowest BCUT2D eigenvalue weighted by Crippen LogP contribution is -2.08. The summed E-state index contributed by atoms with van der Waals surface area (Å²) in [5.41, 5.74) is 15.5. The molecule has 2 atom stereocenters. The molecule has 0 aliphatic heterocycles. The van der Waals surface area contributed by atoms with E-state index in [-0.39, 0.29) is 0 Å². The Kier molecular flexibility index (Phi) is 4.13. The minimum Gasteiger partial charge on any atom is -0.0720 e. The van der Waals surface area contributed by atoms with E-state index in [0.29, 0.717) is 11.8 Å². The maximum absolute atomic E-state index is 2.40. The Morgan fingerprint density at radius 1 is 0.517 bits per heavy atom. The third-order valence-electron chi connectivity index (χ3n) is 7.01. The van der Waals surface area contributed by atoms with E-state index < -0.39 is 0 Å². The third kappa shape index (κ3) is 2.82. The van der Waals surface area contributed by atoms with Crippen LogP contribution in [0.5, 0.6) is 0 Å². The Morgan fingerprint density at radius 2 is 1.03 bits per heavy atom. The summed E-state index contributed by atoms with van der Waals surface area (Å²) in [7, 11) is 0. The van der Waals surface area contributed by atoms with Gasteiger partial charge in [0.15, 0.2) is 0 Å². The van der Waals surface area contributed by atoms with Crippen molar-refractivity contribution in [3.8, 4) is 0 Å². The Bertz CT molecular complexity index is 1200. The molecule has 0 heteroatoms. The summed E-state index contributed by atoms with van der Waals surface area (Å²) >= 11 is 0. The minimum absolute atomic E-state index is 0.336. The van der Waals surface area contributed by atoms with Crippen molar-refractivity contribution in [2.75, 3.05) is 0 Å². The molecular formula is C29H28. The molecule has 2 aliphatic carbocycles. The highest BCUT2D eigenvalue weighted by atomic mass is 14.3. The highest BCUT2D eigenvalue weighted by Gasteiger charge is 2.28. The van der Waals surface area contributed by atoms with Gasteiger partial charge in [0.05, 0.1) is 0 Å². The van der Waals surface area contributed by atoms with E-state index in [1.54, 1.807) is 0 Å². The predicted molar refractivity (Wildman–Crippen MR) is 125 cm³/mol. The summed E-state index contributed by atoms with van der Waals surface area (Å²) in [5, 5.41) is 0. The lowest BCUT2D eigenvalue weighted by atomic mass is 9.80. The zero-order valence-corrected chi connectivity index (χ0v) is 18.0. The molecule has 0 amide bonds. The van der Waals surface area contributed by atoms with Crippen LogP contribution in [0.3, 0.4) is 0 Å². The third-order valence-corrected chi connectivity index (χ3v) is 7.01. The van der Waals surface area contributed by atoms with Crippen molar-refractivity contribution in [2.45, 2.75) is 46.5 Å². The molecule has 0 saturated heterocycles. The zero-order valence-electron chi connectivity index (χ0n) is 18.0. The van der Waals surface area contributed by atoms with Gasteiger partial charge in [-0.1, -0.05) is 66.8 Å². The molecule has 0 spiro atoms. The van der Waals surface area contributed by atoms with E-state index in [4.69, 9.17) is 0 Å². The molecule has 0 aromatic heterocycles. The highest BCUT2D eigenvalue weighted by Crippen LogP contribution is 2.45. The van der Waals surface area contributed by atoms with Gasteiger partial charge in [-0.15, -0.1) is 0 Å². The van der Waals surface area contributed by atoms with Gasteiger partial charge in [0.25, 0.3) is 0 Å². The second-order valence-corrected chi connectivity index (χ2v) is 8.88. The first kappa shape index (κ1) is 18.2. The SMILES string of the molecule is Cc1cc2c(cc1C)C(c1cccc(C)c1C1C=Cc3cc(C)c(C)cc31)C=C2. The molecule has 2 aliphatic rings. The topological polar surface area (TPSA) is 0 Å². The Morgan fingerprint density at radius 3 is 1.66 bits per heavy atom. The van der Waals surface area contributed by atoms with Gasteiger partial charge in [0, 0.05) is 11.8 Å². The van der Waals surface area contributed by atoms with Gasteiger partial charge >= 0.3 is 0 Å². The molecule has 0 bridgehead atoms. The second kappa shape index (κ2) is 6.59. The first-order valence-electron chi connectivity index (χ1n) is 10.6. The Labute approximate surface area is 174 Å². The molecule has 3 aromatic rings. The van der Waals surface area contributed by atoms with Crippen molar-refractivity contribution in [2.24, 2.45) is 0 Å². The molecule has 144 valence electrons. The average molecular weight is 377 g/mol. The number of hydrogen-bond acceptors (Lipinski definition) is 0. The van der Waals surface area contributed by atoms with Crippen molar-refractivity contribution in [1.82, 2.24) is 0 Å². The summed E-state index contributed by atoms with van der Waals surface area (Å²) in [6.07, 6.45) is 9.41. The summed E-state index contributed by atoms with van der Waals surface area (Å²) < 4.78 is 0. The molecular weight excluding hydrogens is 348 g/mol. The molecule has 3 aromatic carbocycles. The number of benzene rings is 3. The molecule has 0 N–H and O–H groups in total. The largest absolute Gasteiger partial charge is 0.0720 e. The van der Waals surface area contributed by atoms with Crippen LogP contribution in [0.4, 0.5) is 0 Å². The van der Waals surface area contributed by atoms with Crippen LogP contribution in [0.1, 0.15) is 73.0 Å². The molecule has 0 heterocycles. The summed E-state index contributed by atoms with van der Waals surface area (Å²) in [5.74, 6) is 0.674. The van der Waals surface area contributed by atoms with E-state index in [9.17, 15) is 0 Å². The van der Waals surface area contributed by atoms with Crippen molar-refractivity contribution in [1.29, 1.82) is 0 Å². The fourth-order valence-electron chi connectivity index (χ4n) is 5.08. The first-order valence-corrected chi connectivity index (χ1v) is 10.6. The van der Waals surface area contributed by atoms with Gasteiger partial charge in [0.1, 0.15) is 0 Å². The van der Waals surface area contributed by atoms with E-state index in [2.05, 4.69) is 101 Å². The number of fused-ring (bicyclic) bond motifs is 2. The van der Waals surface area contributed by atoms with E-state index in [1.807, 2.05) is 0 Å². The van der Waals surface area contributed by atoms with Crippen LogP contribution in [0, 0.1) is 34.6 Å². The molecule has 0 fully saturated rings. The molecule has 0 saturated carbocycles. The van der Waals surface area contributed by atoms with Crippen LogP contribution in [0.15, 0.2) is 54.6 Å². The lowest BCUT2D eigenvalue weighted by Gasteiger charge is -2.24. The van der Waals surface area contributed by atoms with Crippen LogP contribution >= 0.6 is 0 Å². The summed E-state index contributed by atoms with van der Waals surface area (Å²) in [6.45, 7) is 11.1. The number of aryl methyl sites for hydroxylation is 5. The highest BCUT2D eigenvalue weighted by molar-refractivity contribution is 5.71. The monoisotopic (exact) mass is 376 g/mol. The molecule has 29 heavy (non-hydrogen) atoms. The Hall–Kier alpha value is -2.86. The van der Waals surface area contributed by atoms with Crippen LogP contribution < -0.4 is 0 Å². The standard InChI is InChI=1S/C29H28/c1-17-7-6-8-25(24-11-9-22-13-18(2)20(4)15-27(22)24)29(17)26-12-10-23-14-19(3)21(5)16-28(23)26/h6-16,24,26H,1-5H3. The van der Waals surface area contributed by atoms with Crippen LogP contribution in [0.2, 0.25) is 0 Å². The molecule has 5 rings (SSSR count). The fourth-order valence-corrected chi connectivity index (χ4v) is 5.08. The average Bonchev–Trinajstić information content (AvgIpc) is 3.26. The zero-order chi connectivity index (χ0) is 20.3. The molecule has 2 unspecified atom stereocenters. The first-order chi connectivity index (χ1) is 13.9. The van der Waals surface area contributed by atoms with Crippen molar-refractivity contribution in [3.63, 3.8) is 0 Å². The molecule has 0 radical (unpaired) electrons. The summed E-state index contributed by atoms with van der Waals surface area (Å²) in [4.78, 5) is 0. The second-order valence-electron chi connectivity index (χ2n) is 8.88. The predicted octanol–water partition coefficient (Wildman–Crippen LogP) is 7.55. The lowest BCUT2D eigenvalue weighted by molar-refractivity contribution is 0.938. The van der Waals surface area contributed by atoms with Crippen LogP contribution in [-0.2, 0) is 0 Å². The van der Waals surface area contributed by atoms with E-state index >= 15 is 0 Å².